The normalized spacial score (nSPS) is 20.6. The van der Waals surface area contributed by atoms with E-state index in [1.54, 1.807) is 6.20 Å². The third kappa shape index (κ3) is 2.92. The van der Waals surface area contributed by atoms with E-state index < -0.39 is 0 Å². The van der Waals surface area contributed by atoms with Crippen molar-refractivity contribution in [1.82, 2.24) is 14.9 Å². The summed E-state index contributed by atoms with van der Waals surface area (Å²) in [6.07, 6.45) is 4.44. The van der Waals surface area contributed by atoms with Crippen molar-refractivity contribution in [3.63, 3.8) is 0 Å². The van der Waals surface area contributed by atoms with Crippen molar-refractivity contribution in [3.8, 4) is 0 Å². The van der Waals surface area contributed by atoms with E-state index in [1.165, 1.54) is 12.8 Å². The molecule has 1 aromatic heterocycles. The standard InChI is InChI=1S/C13H20ClN5/c1-2-15-13-16-9-11(14)12(17-13)19-7-5-18(6-8-19)10-3-4-10/h9-10H,2-8H2,1H3,(H,15,16,17). The summed E-state index contributed by atoms with van der Waals surface area (Å²) < 4.78 is 0. The van der Waals surface area contributed by atoms with Gasteiger partial charge in [0.15, 0.2) is 5.82 Å². The zero-order valence-corrected chi connectivity index (χ0v) is 12.0. The Morgan fingerprint density at radius 2 is 2.05 bits per heavy atom. The fraction of sp³-hybridized carbons (Fsp3) is 0.692. The van der Waals surface area contributed by atoms with Gasteiger partial charge in [0, 0.05) is 38.8 Å². The Balaban J connectivity index is 1.69. The fourth-order valence-electron chi connectivity index (χ4n) is 2.56. The van der Waals surface area contributed by atoms with Crippen molar-refractivity contribution in [2.75, 3.05) is 42.9 Å². The molecule has 0 spiro atoms. The fourth-order valence-corrected chi connectivity index (χ4v) is 2.77. The van der Waals surface area contributed by atoms with Crippen LogP contribution in [-0.2, 0) is 0 Å². The topological polar surface area (TPSA) is 44.3 Å². The Labute approximate surface area is 119 Å². The molecule has 19 heavy (non-hydrogen) atoms. The predicted octanol–water partition coefficient (Wildman–Crippen LogP) is 1.85. The zero-order chi connectivity index (χ0) is 13.2. The number of rotatable bonds is 4. The first kappa shape index (κ1) is 12.9. The van der Waals surface area contributed by atoms with E-state index >= 15 is 0 Å². The van der Waals surface area contributed by atoms with E-state index in [-0.39, 0.29) is 0 Å². The highest BCUT2D eigenvalue weighted by Gasteiger charge is 2.31. The van der Waals surface area contributed by atoms with Crippen LogP contribution in [0, 0.1) is 0 Å². The van der Waals surface area contributed by atoms with Crippen LogP contribution in [0.2, 0.25) is 5.02 Å². The van der Waals surface area contributed by atoms with Crippen LogP contribution in [0.4, 0.5) is 11.8 Å². The molecule has 1 saturated carbocycles. The first-order chi connectivity index (χ1) is 9.28. The monoisotopic (exact) mass is 281 g/mol. The van der Waals surface area contributed by atoms with Crippen LogP contribution in [0.15, 0.2) is 6.20 Å². The Morgan fingerprint density at radius 1 is 1.32 bits per heavy atom. The molecule has 1 aliphatic heterocycles. The van der Waals surface area contributed by atoms with Crippen molar-refractivity contribution >= 4 is 23.4 Å². The molecule has 0 atom stereocenters. The van der Waals surface area contributed by atoms with E-state index in [9.17, 15) is 0 Å². The van der Waals surface area contributed by atoms with Gasteiger partial charge in [-0.25, -0.2) is 4.98 Å². The first-order valence-electron chi connectivity index (χ1n) is 7.03. The summed E-state index contributed by atoms with van der Waals surface area (Å²) in [5.74, 6) is 1.52. The number of nitrogens with zero attached hydrogens (tertiary/aromatic N) is 4. The highest BCUT2D eigenvalue weighted by Crippen LogP contribution is 2.30. The summed E-state index contributed by atoms with van der Waals surface area (Å²) in [5.41, 5.74) is 0. The Hall–Kier alpha value is -1.07. The summed E-state index contributed by atoms with van der Waals surface area (Å²) in [6, 6.07) is 0.848. The Morgan fingerprint density at radius 3 is 2.68 bits per heavy atom. The highest BCUT2D eigenvalue weighted by molar-refractivity contribution is 6.32. The smallest absolute Gasteiger partial charge is 0.224 e. The van der Waals surface area contributed by atoms with Crippen molar-refractivity contribution in [2.24, 2.45) is 0 Å². The molecule has 2 fully saturated rings. The van der Waals surface area contributed by atoms with Gasteiger partial charge in [-0.1, -0.05) is 11.6 Å². The van der Waals surface area contributed by atoms with E-state index in [0.717, 1.165) is 44.6 Å². The third-order valence-electron chi connectivity index (χ3n) is 3.74. The quantitative estimate of drug-likeness (QED) is 0.912. The lowest BCUT2D eigenvalue weighted by atomic mass is 10.3. The second kappa shape index (κ2) is 5.51. The van der Waals surface area contributed by atoms with Gasteiger partial charge in [0.1, 0.15) is 5.02 Å². The zero-order valence-electron chi connectivity index (χ0n) is 11.3. The molecular formula is C13H20ClN5. The SMILES string of the molecule is CCNc1ncc(Cl)c(N2CCN(C3CC3)CC2)n1. The maximum absolute atomic E-state index is 6.23. The van der Waals surface area contributed by atoms with Crippen LogP contribution in [0.5, 0.6) is 0 Å². The van der Waals surface area contributed by atoms with Gasteiger partial charge in [0.25, 0.3) is 0 Å². The van der Waals surface area contributed by atoms with E-state index in [1.807, 2.05) is 6.92 Å². The minimum absolute atomic E-state index is 0.640. The van der Waals surface area contributed by atoms with E-state index in [2.05, 4.69) is 25.1 Å². The number of hydrogen-bond acceptors (Lipinski definition) is 5. The van der Waals surface area contributed by atoms with Gasteiger partial charge in [-0.15, -0.1) is 0 Å². The van der Waals surface area contributed by atoms with Crippen molar-refractivity contribution in [1.29, 1.82) is 0 Å². The second-order valence-corrected chi connectivity index (χ2v) is 5.56. The van der Waals surface area contributed by atoms with Crippen LogP contribution in [0.25, 0.3) is 0 Å². The highest BCUT2D eigenvalue weighted by atomic mass is 35.5. The molecule has 1 aromatic rings. The van der Waals surface area contributed by atoms with Crippen molar-refractivity contribution in [2.45, 2.75) is 25.8 Å². The lowest BCUT2D eigenvalue weighted by Gasteiger charge is -2.35. The van der Waals surface area contributed by atoms with Crippen LogP contribution < -0.4 is 10.2 Å². The Bertz CT molecular complexity index is 441. The molecule has 0 aromatic carbocycles. The number of halogens is 1. The van der Waals surface area contributed by atoms with Gasteiger partial charge in [0.2, 0.25) is 5.95 Å². The summed E-state index contributed by atoms with van der Waals surface area (Å²) in [4.78, 5) is 13.6. The molecule has 2 aliphatic rings. The van der Waals surface area contributed by atoms with Crippen LogP contribution in [0.3, 0.4) is 0 Å². The molecule has 5 nitrogen and oxygen atoms in total. The maximum Gasteiger partial charge on any atom is 0.224 e. The maximum atomic E-state index is 6.23. The predicted molar refractivity (Wildman–Crippen MR) is 78.0 cm³/mol. The van der Waals surface area contributed by atoms with Gasteiger partial charge in [0.05, 0.1) is 6.20 Å². The number of anilines is 2. The van der Waals surface area contributed by atoms with Gasteiger partial charge in [-0.2, -0.15) is 4.98 Å². The average molecular weight is 282 g/mol. The molecule has 1 N–H and O–H groups in total. The molecule has 0 radical (unpaired) electrons. The summed E-state index contributed by atoms with van der Waals surface area (Å²) in [5, 5.41) is 3.77. The number of aromatic nitrogens is 2. The van der Waals surface area contributed by atoms with Gasteiger partial charge in [-0.05, 0) is 19.8 Å². The lowest BCUT2D eigenvalue weighted by Crippen LogP contribution is -2.47. The average Bonchev–Trinajstić information content (AvgIpc) is 3.26. The molecule has 0 unspecified atom stereocenters. The van der Waals surface area contributed by atoms with Crippen molar-refractivity contribution < 1.29 is 0 Å². The molecule has 3 rings (SSSR count). The molecular weight excluding hydrogens is 262 g/mol. The largest absolute Gasteiger partial charge is 0.354 e. The van der Waals surface area contributed by atoms with Crippen LogP contribution in [-0.4, -0.2) is 53.6 Å². The first-order valence-corrected chi connectivity index (χ1v) is 7.41. The summed E-state index contributed by atoms with van der Waals surface area (Å²) in [7, 11) is 0. The van der Waals surface area contributed by atoms with E-state index in [4.69, 9.17) is 11.6 Å². The Kier molecular flexibility index (Phi) is 3.75. The molecule has 104 valence electrons. The van der Waals surface area contributed by atoms with Crippen LogP contribution in [0.1, 0.15) is 19.8 Å². The minimum atomic E-state index is 0.640. The number of piperazine rings is 1. The van der Waals surface area contributed by atoms with Crippen LogP contribution >= 0.6 is 11.6 Å². The summed E-state index contributed by atoms with van der Waals surface area (Å²) >= 11 is 6.23. The molecule has 1 aliphatic carbocycles. The third-order valence-corrected chi connectivity index (χ3v) is 4.00. The minimum Gasteiger partial charge on any atom is -0.354 e. The number of nitrogens with one attached hydrogen (secondary N) is 1. The van der Waals surface area contributed by atoms with Gasteiger partial charge < -0.3 is 10.2 Å². The molecule has 6 heteroatoms. The van der Waals surface area contributed by atoms with Crippen molar-refractivity contribution in [3.05, 3.63) is 11.2 Å². The molecule has 0 amide bonds. The molecule has 2 heterocycles. The molecule has 1 saturated heterocycles. The van der Waals surface area contributed by atoms with Gasteiger partial charge >= 0.3 is 0 Å². The van der Waals surface area contributed by atoms with E-state index in [0.29, 0.717) is 11.0 Å². The molecule has 0 bridgehead atoms. The van der Waals surface area contributed by atoms with Gasteiger partial charge in [-0.3, -0.25) is 4.90 Å². The number of hydrogen-bond donors (Lipinski definition) is 1. The summed E-state index contributed by atoms with van der Waals surface area (Å²) in [6.45, 7) is 7.07. The lowest BCUT2D eigenvalue weighted by molar-refractivity contribution is 0.247. The second-order valence-electron chi connectivity index (χ2n) is 5.15.